The average Bonchev–Trinajstić information content (AvgIpc) is 2.51. The standard InChI is InChI=1S/C16H22N4O/c1-3-16(18,4-2)10-20-14-11-7-5-6-8-13(11)19-9-12(14)15(17)21/h5-9H,3-4,10,18H2,1-2H3,(H2,17,21)(H,19,20). The van der Waals surface area contributed by atoms with E-state index in [4.69, 9.17) is 11.5 Å². The molecule has 5 nitrogen and oxygen atoms in total. The van der Waals surface area contributed by atoms with E-state index >= 15 is 0 Å². The summed E-state index contributed by atoms with van der Waals surface area (Å²) in [6.45, 7) is 4.70. The quantitative estimate of drug-likeness (QED) is 0.759. The van der Waals surface area contributed by atoms with Gasteiger partial charge in [-0.3, -0.25) is 9.78 Å². The number of nitrogens with one attached hydrogen (secondary N) is 1. The van der Waals surface area contributed by atoms with Crippen LogP contribution in [0.1, 0.15) is 37.0 Å². The highest BCUT2D eigenvalue weighted by atomic mass is 16.1. The molecular formula is C16H22N4O. The molecule has 112 valence electrons. The lowest BCUT2D eigenvalue weighted by Gasteiger charge is -2.28. The van der Waals surface area contributed by atoms with Crippen molar-refractivity contribution in [2.45, 2.75) is 32.2 Å². The summed E-state index contributed by atoms with van der Waals surface area (Å²) in [5, 5.41) is 4.19. The molecule has 2 rings (SSSR count). The van der Waals surface area contributed by atoms with E-state index in [1.54, 1.807) is 0 Å². The molecule has 5 N–H and O–H groups in total. The summed E-state index contributed by atoms with van der Waals surface area (Å²) in [7, 11) is 0. The molecule has 0 atom stereocenters. The molecule has 1 heterocycles. The van der Waals surface area contributed by atoms with E-state index in [-0.39, 0.29) is 5.54 Å². The molecule has 1 aromatic heterocycles. The van der Waals surface area contributed by atoms with Gasteiger partial charge in [0.15, 0.2) is 0 Å². The lowest BCUT2D eigenvalue weighted by atomic mass is 9.94. The van der Waals surface area contributed by atoms with Crippen molar-refractivity contribution < 1.29 is 4.79 Å². The number of rotatable bonds is 6. The first-order chi connectivity index (χ1) is 10.0. The molecule has 0 aliphatic heterocycles. The van der Waals surface area contributed by atoms with Crippen LogP contribution in [0.25, 0.3) is 10.9 Å². The van der Waals surface area contributed by atoms with Crippen LogP contribution in [0.5, 0.6) is 0 Å². The molecule has 0 fully saturated rings. The Morgan fingerprint density at radius 3 is 2.57 bits per heavy atom. The molecule has 0 aliphatic rings. The van der Waals surface area contributed by atoms with Crippen LogP contribution in [-0.4, -0.2) is 23.0 Å². The molecule has 21 heavy (non-hydrogen) atoms. The normalized spacial score (nSPS) is 11.6. The Hall–Kier alpha value is -2.14. The number of para-hydroxylation sites is 1. The summed E-state index contributed by atoms with van der Waals surface area (Å²) >= 11 is 0. The van der Waals surface area contributed by atoms with Crippen molar-refractivity contribution in [3.05, 3.63) is 36.0 Å². The predicted molar refractivity (Wildman–Crippen MR) is 86.3 cm³/mol. The fraction of sp³-hybridized carbons (Fsp3) is 0.375. The monoisotopic (exact) mass is 286 g/mol. The SMILES string of the molecule is CCC(N)(CC)CNc1c(C(N)=O)cnc2ccccc12. The zero-order valence-corrected chi connectivity index (χ0v) is 12.5. The Balaban J connectivity index is 2.45. The minimum Gasteiger partial charge on any atom is -0.382 e. The summed E-state index contributed by atoms with van der Waals surface area (Å²) in [5.74, 6) is -0.494. The summed E-state index contributed by atoms with van der Waals surface area (Å²) in [6.07, 6.45) is 3.22. The molecule has 0 bridgehead atoms. The third-order valence-electron chi connectivity index (χ3n) is 4.07. The second kappa shape index (κ2) is 6.10. The number of nitrogens with zero attached hydrogens (tertiary/aromatic N) is 1. The van der Waals surface area contributed by atoms with Crippen LogP contribution < -0.4 is 16.8 Å². The number of anilines is 1. The maximum atomic E-state index is 11.6. The third kappa shape index (κ3) is 3.13. The maximum absolute atomic E-state index is 11.6. The predicted octanol–water partition coefficient (Wildman–Crippen LogP) is 2.26. The molecule has 0 saturated carbocycles. The highest BCUT2D eigenvalue weighted by Gasteiger charge is 2.21. The van der Waals surface area contributed by atoms with Crippen LogP contribution in [0.4, 0.5) is 5.69 Å². The van der Waals surface area contributed by atoms with E-state index in [0.29, 0.717) is 17.8 Å². The van der Waals surface area contributed by atoms with Crippen molar-refractivity contribution >= 4 is 22.5 Å². The number of benzene rings is 1. The molecule has 1 aromatic carbocycles. The van der Waals surface area contributed by atoms with Crippen LogP contribution >= 0.6 is 0 Å². The number of fused-ring (bicyclic) bond motifs is 1. The average molecular weight is 286 g/mol. The van der Waals surface area contributed by atoms with E-state index < -0.39 is 5.91 Å². The number of primary amides is 1. The summed E-state index contributed by atoms with van der Waals surface area (Å²) in [6, 6.07) is 7.65. The van der Waals surface area contributed by atoms with Gasteiger partial charge in [-0.1, -0.05) is 32.0 Å². The van der Waals surface area contributed by atoms with Crippen molar-refractivity contribution in [2.24, 2.45) is 11.5 Å². The molecule has 0 spiro atoms. The van der Waals surface area contributed by atoms with E-state index in [2.05, 4.69) is 24.1 Å². The van der Waals surface area contributed by atoms with Crippen LogP contribution in [0.15, 0.2) is 30.5 Å². The summed E-state index contributed by atoms with van der Waals surface area (Å²) in [5.41, 5.74) is 13.4. The summed E-state index contributed by atoms with van der Waals surface area (Å²) in [4.78, 5) is 15.9. The van der Waals surface area contributed by atoms with Crippen molar-refractivity contribution in [3.63, 3.8) is 0 Å². The molecule has 5 heteroatoms. The number of pyridine rings is 1. The third-order valence-corrected chi connectivity index (χ3v) is 4.07. The van der Waals surface area contributed by atoms with E-state index in [1.165, 1.54) is 6.20 Å². The second-order valence-electron chi connectivity index (χ2n) is 5.35. The van der Waals surface area contributed by atoms with Gasteiger partial charge in [0.2, 0.25) is 0 Å². The number of amides is 1. The smallest absolute Gasteiger partial charge is 0.252 e. The number of hydrogen-bond acceptors (Lipinski definition) is 4. The lowest BCUT2D eigenvalue weighted by molar-refractivity contribution is 0.100. The van der Waals surface area contributed by atoms with Crippen molar-refractivity contribution in [2.75, 3.05) is 11.9 Å². The van der Waals surface area contributed by atoms with Gasteiger partial charge in [-0.2, -0.15) is 0 Å². The Morgan fingerprint density at radius 1 is 1.29 bits per heavy atom. The minimum absolute atomic E-state index is 0.306. The first kappa shape index (κ1) is 15.3. The molecule has 2 aromatic rings. The zero-order valence-electron chi connectivity index (χ0n) is 12.5. The van der Waals surface area contributed by atoms with Crippen molar-refractivity contribution in [3.8, 4) is 0 Å². The van der Waals surface area contributed by atoms with Gasteiger partial charge in [0, 0.05) is 23.7 Å². The first-order valence-corrected chi connectivity index (χ1v) is 7.21. The fourth-order valence-corrected chi connectivity index (χ4v) is 2.28. The Labute approximate surface area is 124 Å². The zero-order chi connectivity index (χ0) is 15.5. The molecule has 0 saturated heterocycles. The molecule has 0 radical (unpaired) electrons. The van der Waals surface area contributed by atoms with Gasteiger partial charge >= 0.3 is 0 Å². The largest absolute Gasteiger partial charge is 0.382 e. The van der Waals surface area contributed by atoms with Crippen LogP contribution in [0.3, 0.4) is 0 Å². The topological polar surface area (TPSA) is 94.0 Å². The van der Waals surface area contributed by atoms with E-state index in [1.807, 2.05) is 24.3 Å². The molecule has 1 amide bonds. The molecule has 0 unspecified atom stereocenters. The van der Waals surface area contributed by atoms with Gasteiger partial charge in [-0.05, 0) is 18.9 Å². The number of nitrogens with two attached hydrogens (primary N) is 2. The Bertz CT molecular complexity index is 650. The van der Waals surface area contributed by atoms with Crippen LogP contribution in [-0.2, 0) is 0 Å². The fourth-order valence-electron chi connectivity index (χ4n) is 2.28. The highest BCUT2D eigenvalue weighted by molar-refractivity contribution is 6.06. The second-order valence-corrected chi connectivity index (χ2v) is 5.35. The molecule has 0 aliphatic carbocycles. The van der Waals surface area contributed by atoms with E-state index in [9.17, 15) is 4.79 Å². The van der Waals surface area contributed by atoms with Gasteiger partial charge in [-0.25, -0.2) is 0 Å². The van der Waals surface area contributed by atoms with Gasteiger partial charge in [0.1, 0.15) is 0 Å². The number of hydrogen-bond donors (Lipinski definition) is 3. The maximum Gasteiger partial charge on any atom is 0.252 e. The lowest BCUT2D eigenvalue weighted by Crippen LogP contribution is -2.45. The summed E-state index contributed by atoms with van der Waals surface area (Å²) < 4.78 is 0. The van der Waals surface area contributed by atoms with Crippen LogP contribution in [0, 0.1) is 0 Å². The Kier molecular flexibility index (Phi) is 4.43. The molecular weight excluding hydrogens is 264 g/mol. The van der Waals surface area contributed by atoms with E-state index in [0.717, 1.165) is 23.7 Å². The van der Waals surface area contributed by atoms with Gasteiger partial charge in [0.05, 0.1) is 16.8 Å². The highest BCUT2D eigenvalue weighted by Crippen LogP contribution is 2.26. The van der Waals surface area contributed by atoms with Crippen LogP contribution in [0.2, 0.25) is 0 Å². The van der Waals surface area contributed by atoms with Crippen molar-refractivity contribution in [1.82, 2.24) is 4.98 Å². The van der Waals surface area contributed by atoms with Gasteiger partial charge < -0.3 is 16.8 Å². The number of carbonyl (C=O) groups is 1. The van der Waals surface area contributed by atoms with Gasteiger partial charge in [0.25, 0.3) is 5.91 Å². The first-order valence-electron chi connectivity index (χ1n) is 7.21. The van der Waals surface area contributed by atoms with Crippen molar-refractivity contribution in [1.29, 1.82) is 0 Å². The number of aromatic nitrogens is 1. The van der Waals surface area contributed by atoms with Gasteiger partial charge in [-0.15, -0.1) is 0 Å². The minimum atomic E-state index is -0.494. The Morgan fingerprint density at radius 2 is 1.95 bits per heavy atom. The number of carbonyl (C=O) groups excluding carboxylic acids is 1.